The van der Waals surface area contributed by atoms with Crippen LogP contribution in [0.15, 0.2) is 24.3 Å². The third kappa shape index (κ3) is 4.61. The third-order valence-corrected chi connectivity index (χ3v) is 7.89. The average Bonchev–Trinajstić information content (AvgIpc) is 3.14. The number of hydrogen-bond donors (Lipinski definition) is 2. The van der Waals surface area contributed by atoms with Gasteiger partial charge in [-0.25, -0.2) is 0 Å². The van der Waals surface area contributed by atoms with Crippen LogP contribution in [0, 0.1) is 11.8 Å². The molecule has 7 heteroatoms. The Balaban J connectivity index is 1.80. The number of rotatable bonds is 8. The first kappa shape index (κ1) is 23.6. The van der Waals surface area contributed by atoms with Gasteiger partial charge in [-0.1, -0.05) is 52.3 Å². The van der Waals surface area contributed by atoms with Crippen molar-refractivity contribution in [1.29, 1.82) is 0 Å². The predicted octanol–water partition coefficient (Wildman–Crippen LogP) is 3.73. The zero-order valence-corrected chi connectivity index (χ0v) is 20.2. The van der Waals surface area contributed by atoms with Crippen molar-refractivity contribution >= 4 is 29.5 Å². The van der Waals surface area contributed by atoms with E-state index in [9.17, 15) is 14.4 Å². The summed E-state index contributed by atoms with van der Waals surface area (Å²) in [6.07, 6.45) is 1.66. The first-order valence-corrected chi connectivity index (χ1v) is 12.1. The van der Waals surface area contributed by atoms with Gasteiger partial charge in [0.2, 0.25) is 11.8 Å². The van der Waals surface area contributed by atoms with Crippen LogP contribution in [0.1, 0.15) is 75.7 Å². The van der Waals surface area contributed by atoms with Crippen LogP contribution in [-0.4, -0.2) is 46.0 Å². The molecule has 1 aromatic rings. The number of carbonyl (C=O) groups is 3. The molecule has 2 N–H and O–H groups in total. The molecule has 4 atom stereocenters. The molecule has 170 valence electrons. The highest BCUT2D eigenvalue weighted by Crippen LogP contribution is 2.56. The Bertz CT molecular complexity index is 854. The lowest BCUT2D eigenvalue weighted by Gasteiger charge is -2.32. The fourth-order valence-electron chi connectivity index (χ4n) is 4.33. The molecule has 0 radical (unpaired) electrons. The summed E-state index contributed by atoms with van der Waals surface area (Å²) in [5.74, 6) is -0.0411. The summed E-state index contributed by atoms with van der Waals surface area (Å²) >= 11 is 1.63. The number of nitrogens with zero attached hydrogens (tertiary/aromatic N) is 1. The van der Waals surface area contributed by atoms with E-state index in [1.165, 1.54) is 0 Å². The van der Waals surface area contributed by atoms with Crippen LogP contribution in [0.3, 0.4) is 0 Å². The molecule has 0 bridgehead atoms. The van der Waals surface area contributed by atoms with Crippen molar-refractivity contribution in [3.63, 3.8) is 0 Å². The Labute approximate surface area is 189 Å². The molecule has 3 amide bonds. The van der Waals surface area contributed by atoms with Crippen LogP contribution in [0.4, 0.5) is 0 Å². The molecule has 2 heterocycles. The summed E-state index contributed by atoms with van der Waals surface area (Å²) < 4.78 is -0.466. The predicted molar refractivity (Wildman–Crippen MR) is 125 cm³/mol. The highest BCUT2D eigenvalue weighted by molar-refractivity contribution is 8.01. The number of fused-ring (bicyclic) bond motifs is 3. The van der Waals surface area contributed by atoms with E-state index < -0.39 is 16.8 Å². The number of thioether (sulfide) groups is 1. The maximum absolute atomic E-state index is 13.5. The Kier molecular flexibility index (Phi) is 7.04. The van der Waals surface area contributed by atoms with E-state index in [1.807, 2.05) is 52.0 Å². The number of benzene rings is 1. The zero-order valence-electron chi connectivity index (χ0n) is 19.4. The van der Waals surface area contributed by atoms with Crippen LogP contribution in [-0.2, 0) is 9.59 Å². The Morgan fingerprint density at radius 2 is 1.87 bits per heavy atom. The van der Waals surface area contributed by atoms with Gasteiger partial charge >= 0.3 is 0 Å². The third-order valence-electron chi connectivity index (χ3n) is 6.36. The van der Waals surface area contributed by atoms with E-state index in [1.54, 1.807) is 16.7 Å². The molecule has 0 unspecified atom stereocenters. The van der Waals surface area contributed by atoms with E-state index >= 15 is 0 Å². The van der Waals surface area contributed by atoms with Crippen molar-refractivity contribution < 1.29 is 14.4 Å². The van der Waals surface area contributed by atoms with Gasteiger partial charge in [-0.2, -0.15) is 0 Å². The van der Waals surface area contributed by atoms with Crippen molar-refractivity contribution in [2.24, 2.45) is 11.8 Å². The largest absolute Gasteiger partial charge is 0.354 e. The van der Waals surface area contributed by atoms with Crippen molar-refractivity contribution in [1.82, 2.24) is 15.5 Å². The molecule has 2 aliphatic heterocycles. The van der Waals surface area contributed by atoms with Crippen LogP contribution < -0.4 is 10.6 Å². The Morgan fingerprint density at radius 1 is 1.19 bits per heavy atom. The Hall–Kier alpha value is -2.02. The second-order valence-corrected chi connectivity index (χ2v) is 11.4. The fourth-order valence-corrected chi connectivity index (χ4v) is 5.92. The lowest BCUT2D eigenvalue weighted by atomic mass is 9.95. The van der Waals surface area contributed by atoms with E-state index in [0.717, 1.165) is 18.4 Å². The molecule has 0 aromatic heterocycles. The molecule has 31 heavy (non-hydrogen) atoms. The molecule has 2 aliphatic rings. The van der Waals surface area contributed by atoms with Gasteiger partial charge < -0.3 is 15.5 Å². The van der Waals surface area contributed by atoms with Crippen molar-refractivity contribution in [3.05, 3.63) is 35.4 Å². The standard InChI is InChI=1S/C24H35N3O3S/c1-7-15(4)18(20(28)25-13-12-14(2)3)26-21(29)19-24(5,6)31-23-17-11-9-8-10-16(17)22(30)27(19)23/h8-11,14-15,18-19,23H,7,12-13H2,1-6H3,(H,25,28)(H,26,29)/t15-,18+,19-,23-/m1/s1. The fraction of sp³-hybridized carbons (Fsp3) is 0.625. The minimum atomic E-state index is -0.641. The smallest absolute Gasteiger partial charge is 0.256 e. The van der Waals surface area contributed by atoms with Crippen molar-refractivity contribution in [3.8, 4) is 0 Å². The number of carbonyl (C=O) groups excluding carboxylic acids is 3. The number of amides is 3. The Morgan fingerprint density at radius 3 is 2.52 bits per heavy atom. The minimum absolute atomic E-state index is 0.0116. The molecule has 0 spiro atoms. The first-order valence-electron chi connectivity index (χ1n) is 11.3. The summed E-state index contributed by atoms with van der Waals surface area (Å²) in [6.45, 7) is 12.8. The summed E-state index contributed by atoms with van der Waals surface area (Å²) in [5, 5.41) is 5.81. The van der Waals surface area contributed by atoms with Crippen LogP contribution in [0.5, 0.6) is 0 Å². The maximum Gasteiger partial charge on any atom is 0.256 e. The minimum Gasteiger partial charge on any atom is -0.354 e. The molecule has 0 saturated carbocycles. The second-order valence-electron chi connectivity index (χ2n) is 9.62. The normalized spacial score (nSPS) is 23.3. The average molecular weight is 446 g/mol. The molecule has 3 rings (SSSR count). The van der Waals surface area contributed by atoms with Crippen molar-refractivity contribution in [2.45, 2.75) is 76.6 Å². The molecular formula is C24H35N3O3S. The van der Waals surface area contributed by atoms with Gasteiger partial charge in [0.15, 0.2) is 0 Å². The van der Waals surface area contributed by atoms with Gasteiger partial charge in [0.1, 0.15) is 17.5 Å². The van der Waals surface area contributed by atoms with Gasteiger partial charge in [0, 0.05) is 16.9 Å². The summed E-state index contributed by atoms with van der Waals surface area (Å²) in [5.41, 5.74) is 1.63. The van der Waals surface area contributed by atoms with Crippen LogP contribution >= 0.6 is 11.8 Å². The molecule has 6 nitrogen and oxygen atoms in total. The summed E-state index contributed by atoms with van der Waals surface area (Å²) in [6, 6.07) is 6.30. The summed E-state index contributed by atoms with van der Waals surface area (Å²) in [4.78, 5) is 41.3. The van der Waals surface area contributed by atoms with E-state index in [2.05, 4.69) is 24.5 Å². The van der Waals surface area contributed by atoms with E-state index in [0.29, 0.717) is 18.0 Å². The molecule has 1 saturated heterocycles. The molecule has 1 fully saturated rings. The van der Waals surface area contributed by atoms with Gasteiger partial charge in [-0.05, 0) is 43.7 Å². The highest BCUT2D eigenvalue weighted by Gasteiger charge is 2.57. The quantitative estimate of drug-likeness (QED) is 0.639. The topological polar surface area (TPSA) is 78.5 Å². The summed E-state index contributed by atoms with van der Waals surface area (Å²) in [7, 11) is 0. The van der Waals surface area contributed by atoms with E-state index in [4.69, 9.17) is 0 Å². The lowest BCUT2D eigenvalue weighted by molar-refractivity contribution is -0.133. The lowest BCUT2D eigenvalue weighted by Crippen LogP contribution is -2.58. The van der Waals surface area contributed by atoms with Crippen LogP contribution in [0.2, 0.25) is 0 Å². The number of hydrogen-bond acceptors (Lipinski definition) is 4. The maximum atomic E-state index is 13.5. The highest BCUT2D eigenvalue weighted by atomic mass is 32.2. The number of nitrogens with one attached hydrogen (secondary N) is 2. The van der Waals surface area contributed by atoms with Gasteiger partial charge in [-0.3, -0.25) is 14.4 Å². The molecule has 0 aliphatic carbocycles. The first-order chi connectivity index (χ1) is 14.6. The van der Waals surface area contributed by atoms with Gasteiger partial charge in [-0.15, -0.1) is 11.8 Å². The van der Waals surface area contributed by atoms with Crippen molar-refractivity contribution in [2.75, 3.05) is 6.54 Å². The molecular weight excluding hydrogens is 410 g/mol. The SMILES string of the molecule is CC[C@@H](C)[C@H](NC(=O)[C@H]1N2C(=O)c3ccccc3[C@H]2SC1(C)C)C(=O)NCCC(C)C. The zero-order chi connectivity index (χ0) is 22.9. The second kappa shape index (κ2) is 9.23. The molecule has 1 aromatic carbocycles. The van der Waals surface area contributed by atoms with E-state index in [-0.39, 0.29) is 29.0 Å². The van der Waals surface area contributed by atoms with Gasteiger partial charge in [0.05, 0.1) is 0 Å². The monoisotopic (exact) mass is 445 g/mol. The van der Waals surface area contributed by atoms with Gasteiger partial charge in [0.25, 0.3) is 5.91 Å². The van der Waals surface area contributed by atoms with Crippen LogP contribution in [0.25, 0.3) is 0 Å².